The van der Waals surface area contributed by atoms with Gasteiger partial charge in [0.15, 0.2) is 5.82 Å². The summed E-state index contributed by atoms with van der Waals surface area (Å²) in [7, 11) is 0. The topological polar surface area (TPSA) is 90.7 Å². The molecule has 0 saturated carbocycles. The van der Waals surface area contributed by atoms with Gasteiger partial charge in [0.25, 0.3) is 5.89 Å². The summed E-state index contributed by atoms with van der Waals surface area (Å²) in [5.41, 5.74) is 6.31. The summed E-state index contributed by atoms with van der Waals surface area (Å²) in [6, 6.07) is 0. The third-order valence-corrected chi connectivity index (χ3v) is 2.64. The Morgan fingerprint density at radius 3 is 3.00 bits per heavy atom. The molecular weight excluding hydrogens is 214 g/mol. The van der Waals surface area contributed by atoms with Gasteiger partial charge in [0.05, 0.1) is 12.2 Å². The van der Waals surface area contributed by atoms with Crippen molar-refractivity contribution in [3.8, 4) is 10.8 Å². The Kier molecular flexibility index (Phi) is 3.02. The predicted molar refractivity (Wildman–Crippen MR) is 55.1 cm³/mol. The van der Waals surface area contributed by atoms with E-state index < -0.39 is 0 Å². The van der Waals surface area contributed by atoms with Gasteiger partial charge < -0.3 is 10.3 Å². The maximum atomic E-state index is 5.40. The zero-order valence-electron chi connectivity index (χ0n) is 8.30. The van der Waals surface area contributed by atoms with Gasteiger partial charge >= 0.3 is 0 Å². The van der Waals surface area contributed by atoms with Crippen LogP contribution in [0.2, 0.25) is 0 Å². The molecule has 80 valence electrons. The lowest BCUT2D eigenvalue weighted by atomic mass is 10.2. The summed E-state index contributed by atoms with van der Waals surface area (Å²) in [5, 5.41) is 7.76. The molecule has 6 nitrogen and oxygen atoms in total. The predicted octanol–water partition coefficient (Wildman–Crippen LogP) is 0.999. The second-order valence-corrected chi connectivity index (χ2v) is 3.77. The van der Waals surface area contributed by atoms with Crippen molar-refractivity contribution in [2.75, 3.05) is 0 Å². The van der Waals surface area contributed by atoms with Gasteiger partial charge in [-0.25, -0.2) is 0 Å². The van der Waals surface area contributed by atoms with Crippen molar-refractivity contribution in [2.24, 2.45) is 5.73 Å². The summed E-state index contributed by atoms with van der Waals surface area (Å²) in [6.45, 7) is 2.36. The van der Waals surface area contributed by atoms with Crippen LogP contribution in [0.3, 0.4) is 0 Å². The molecule has 0 aliphatic carbocycles. The van der Waals surface area contributed by atoms with Crippen molar-refractivity contribution in [2.45, 2.75) is 26.3 Å². The van der Waals surface area contributed by atoms with Gasteiger partial charge in [-0.2, -0.15) is 4.98 Å². The van der Waals surface area contributed by atoms with Gasteiger partial charge in [-0.1, -0.05) is 23.0 Å². The van der Waals surface area contributed by atoms with Gasteiger partial charge in [0, 0.05) is 0 Å². The summed E-state index contributed by atoms with van der Waals surface area (Å²) in [6.07, 6.45) is 1.88. The Labute approximate surface area is 90.7 Å². The third-order valence-electron chi connectivity index (χ3n) is 1.89. The van der Waals surface area contributed by atoms with E-state index >= 15 is 0 Å². The fourth-order valence-electron chi connectivity index (χ4n) is 1.20. The van der Waals surface area contributed by atoms with Crippen LogP contribution in [0, 0.1) is 0 Å². The molecule has 2 aromatic heterocycles. The summed E-state index contributed by atoms with van der Waals surface area (Å²) < 4.78 is 8.96. The lowest BCUT2D eigenvalue weighted by Crippen LogP contribution is -1.97. The van der Waals surface area contributed by atoms with Crippen LogP contribution in [0.15, 0.2) is 4.52 Å². The fraction of sp³-hybridized carbons (Fsp3) is 0.500. The van der Waals surface area contributed by atoms with E-state index in [1.807, 2.05) is 0 Å². The third kappa shape index (κ3) is 2.02. The summed E-state index contributed by atoms with van der Waals surface area (Å²) in [4.78, 5) is 4.99. The van der Waals surface area contributed by atoms with E-state index in [0.717, 1.165) is 23.4 Å². The molecule has 0 radical (unpaired) electrons. The maximum Gasteiger partial charge on any atom is 0.271 e. The van der Waals surface area contributed by atoms with Crippen LogP contribution < -0.4 is 5.73 Å². The highest BCUT2D eigenvalue weighted by Crippen LogP contribution is 2.25. The van der Waals surface area contributed by atoms with Crippen molar-refractivity contribution >= 4 is 11.5 Å². The van der Waals surface area contributed by atoms with Gasteiger partial charge in [0.2, 0.25) is 0 Å². The van der Waals surface area contributed by atoms with E-state index in [9.17, 15) is 0 Å². The first-order chi connectivity index (χ1) is 7.35. The Morgan fingerprint density at radius 2 is 2.33 bits per heavy atom. The van der Waals surface area contributed by atoms with Crippen LogP contribution in [-0.4, -0.2) is 19.7 Å². The smallest absolute Gasteiger partial charge is 0.271 e. The first-order valence-corrected chi connectivity index (χ1v) is 5.46. The molecule has 0 atom stereocenters. The highest BCUT2D eigenvalue weighted by atomic mass is 32.1. The van der Waals surface area contributed by atoms with Crippen LogP contribution in [0.5, 0.6) is 0 Å². The van der Waals surface area contributed by atoms with Crippen molar-refractivity contribution in [3.63, 3.8) is 0 Å². The Hall–Kier alpha value is -1.34. The SMILES string of the molecule is CCCc1nnsc1-c1nc(CN)no1. The lowest BCUT2D eigenvalue weighted by Gasteiger charge is -1.91. The van der Waals surface area contributed by atoms with E-state index in [2.05, 4.69) is 26.7 Å². The van der Waals surface area contributed by atoms with E-state index in [4.69, 9.17) is 10.3 Å². The molecule has 2 aromatic rings. The van der Waals surface area contributed by atoms with E-state index in [-0.39, 0.29) is 6.54 Å². The van der Waals surface area contributed by atoms with Crippen LogP contribution in [0.4, 0.5) is 0 Å². The number of hydrogen-bond acceptors (Lipinski definition) is 7. The normalized spacial score (nSPS) is 10.8. The maximum absolute atomic E-state index is 5.40. The second kappa shape index (κ2) is 4.45. The van der Waals surface area contributed by atoms with Gasteiger partial charge in [0.1, 0.15) is 4.88 Å². The fourth-order valence-corrected chi connectivity index (χ4v) is 1.83. The summed E-state index contributed by atoms with van der Waals surface area (Å²) in [5.74, 6) is 0.967. The zero-order chi connectivity index (χ0) is 10.7. The minimum absolute atomic E-state index is 0.277. The number of aryl methyl sites for hydroxylation is 1. The Morgan fingerprint density at radius 1 is 1.47 bits per heavy atom. The number of nitrogens with zero attached hydrogens (tertiary/aromatic N) is 4. The number of nitrogens with two attached hydrogens (primary N) is 1. The van der Waals surface area contributed by atoms with Crippen LogP contribution in [0.1, 0.15) is 24.9 Å². The molecule has 2 heterocycles. The minimum atomic E-state index is 0.277. The Bertz CT molecular complexity index is 438. The number of hydrogen-bond donors (Lipinski definition) is 1. The van der Waals surface area contributed by atoms with Gasteiger partial charge in [-0.3, -0.25) is 0 Å². The second-order valence-electron chi connectivity index (χ2n) is 3.02. The first kappa shape index (κ1) is 10.2. The molecule has 7 heteroatoms. The molecule has 0 saturated heterocycles. The van der Waals surface area contributed by atoms with Crippen molar-refractivity contribution in [3.05, 3.63) is 11.5 Å². The van der Waals surface area contributed by atoms with Crippen LogP contribution >= 0.6 is 11.5 Å². The monoisotopic (exact) mass is 225 g/mol. The highest BCUT2D eigenvalue weighted by Gasteiger charge is 2.15. The summed E-state index contributed by atoms with van der Waals surface area (Å²) >= 11 is 1.27. The molecule has 2 rings (SSSR count). The molecule has 0 amide bonds. The molecule has 0 bridgehead atoms. The average molecular weight is 225 g/mol. The number of aromatic nitrogens is 4. The quantitative estimate of drug-likeness (QED) is 0.834. The largest absolute Gasteiger partial charge is 0.333 e. The molecule has 2 N–H and O–H groups in total. The lowest BCUT2D eigenvalue weighted by molar-refractivity contribution is 0.423. The average Bonchev–Trinajstić information content (AvgIpc) is 2.85. The van der Waals surface area contributed by atoms with E-state index in [1.54, 1.807) is 0 Å². The van der Waals surface area contributed by atoms with Gasteiger partial charge in [-0.05, 0) is 18.0 Å². The highest BCUT2D eigenvalue weighted by molar-refractivity contribution is 7.09. The molecule has 0 aliphatic heterocycles. The van der Waals surface area contributed by atoms with Crippen LogP contribution in [-0.2, 0) is 13.0 Å². The molecule has 0 spiro atoms. The zero-order valence-corrected chi connectivity index (χ0v) is 9.12. The van der Waals surface area contributed by atoms with E-state index in [0.29, 0.717) is 11.7 Å². The molecule has 0 unspecified atom stereocenters. The van der Waals surface area contributed by atoms with Gasteiger partial charge in [-0.15, -0.1) is 5.10 Å². The molecule has 15 heavy (non-hydrogen) atoms. The standard InChI is InChI=1S/C8H11N5OS/c1-2-3-5-7(15-13-11-5)8-10-6(4-9)12-14-8/h2-4,9H2,1H3. The van der Waals surface area contributed by atoms with Crippen molar-refractivity contribution < 1.29 is 4.52 Å². The van der Waals surface area contributed by atoms with Crippen molar-refractivity contribution in [1.29, 1.82) is 0 Å². The Balaban J connectivity index is 2.31. The minimum Gasteiger partial charge on any atom is -0.333 e. The molecule has 0 aromatic carbocycles. The van der Waals surface area contributed by atoms with Crippen LogP contribution in [0.25, 0.3) is 10.8 Å². The molecule has 0 fully saturated rings. The van der Waals surface area contributed by atoms with E-state index in [1.165, 1.54) is 11.5 Å². The first-order valence-electron chi connectivity index (χ1n) is 4.69. The number of rotatable bonds is 4. The van der Waals surface area contributed by atoms with Crippen molar-refractivity contribution in [1.82, 2.24) is 19.7 Å². The molecule has 0 aliphatic rings. The molecular formula is C8H11N5OS.